The zero-order valence-corrected chi connectivity index (χ0v) is 13.2. The van der Waals surface area contributed by atoms with Crippen molar-refractivity contribution in [2.75, 3.05) is 5.32 Å². The molecule has 5 nitrogen and oxygen atoms in total. The zero-order chi connectivity index (χ0) is 18.0. The number of rotatable bonds is 4. The monoisotopic (exact) mass is 340 g/mol. The number of aryl methyl sites for hydroxylation is 1. The number of hydrogen-bond donors (Lipinski definition) is 3. The van der Waals surface area contributed by atoms with Crippen LogP contribution in [0.1, 0.15) is 11.1 Å². The standard InChI is InChI=1S/C18H14F2N4O/c1-10-2-4-12(5-3-10)22-9-17(24-21)13-6-11-7-14(19)15(20)8-16(11)23-18(13)25/h2-9,21-22H,1H3,(H,23,25)/b17-9-,24-21?. The Balaban J connectivity index is 2.02. The first kappa shape index (κ1) is 16.5. The normalized spacial score (nSPS) is 11.6. The van der Waals surface area contributed by atoms with Crippen molar-refractivity contribution in [1.29, 1.82) is 5.53 Å². The third-order valence-corrected chi connectivity index (χ3v) is 3.71. The molecule has 0 aliphatic heterocycles. The van der Waals surface area contributed by atoms with Crippen molar-refractivity contribution in [3.8, 4) is 0 Å². The molecule has 3 rings (SSSR count). The average Bonchev–Trinajstić information content (AvgIpc) is 2.59. The second-order valence-corrected chi connectivity index (χ2v) is 5.52. The van der Waals surface area contributed by atoms with E-state index in [1.54, 1.807) is 0 Å². The third-order valence-electron chi connectivity index (χ3n) is 3.71. The minimum Gasteiger partial charge on any atom is -0.360 e. The van der Waals surface area contributed by atoms with Gasteiger partial charge in [0.05, 0.1) is 11.1 Å². The van der Waals surface area contributed by atoms with Crippen LogP contribution in [0.25, 0.3) is 16.6 Å². The number of nitrogens with zero attached hydrogens (tertiary/aromatic N) is 1. The van der Waals surface area contributed by atoms with Crippen LogP contribution in [0.4, 0.5) is 14.5 Å². The number of hydrogen-bond acceptors (Lipinski definition) is 4. The van der Waals surface area contributed by atoms with E-state index in [1.165, 1.54) is 12.3 Å². The van der Waals surface area contributed by atoms with Crippen LogP contribution >= 0.6 is 0 Å². The van der Waals surface area contributed by atoms with E-state index in [4.69, 9.17) is 5.53 Å². The molecule has 0 radical (unpaired) electrons. The van der Waals surface area contributed by atoms with E-state index >= 15 is 0 Å². The number of aromatic amines is 1. The lowest BCUT2D eigenvalue weighted by Crippen LogP contribution is -2.12. The van der Waals surface area contributed by atoms with Gasteiger partial charge in [0.25, 0.3) is 5.56 Å². The summed E-state index contributed by atoms with van der Waals surface area (Å²) >= 11 is 0. The van der Waals surface area contributed by atoms with Crippen LogP contribution in [0.15, 0.2) is 58.6 Å². The van der Waals surface area contributed by atoms with Crippen molar-refractivity contribution >= 4 is 22.3 Å². The van der Waals surface area contributed by atoms with Gasteiger partial charge in [0.15, 0.2) is 11.6 Å². The highest BCUT2D eigenvalue weighted by molar-refractivity contribution is 5.82. The molecular formula is C18H14F2N4O. The summed E-state index contributed by atoms with van der Waals surface area (Å²) in [5.41, 5.74) is 8.93. The number of aromatic nitrogens is 1. The van der Waals surface area contributed by atoms with Crippen molar-refractivity contribution in [3.05, 3.63) is 81.8 Å². The number of benzene rings is 2. The van der Waals surface area contributed by atoms with Gasteiger partial charge in [-0.15, -0.1) is 0 Å². The first-order valence-corrected chi connectivity index (χ1v) is 7.41. The van der Waals surface area contributed by atoms with Crippen LogP contribution < -0.4 is 10.9 Å². The average molecular weight is 340 g/mol. The maximum absolute atomic E-state index is 13.4. The van der Waals surface area contributed by atoms with Crippen molar-refractivity contribution in [2.24, 2.45) is 5.11 Å². The molecule has 0 amide bonds. The van der Waals surface area contributed by atoms with E-state index in [0.29, 0.717) is 5.39 Å². The minimum atomic E-state index is -1.04. The first-order chi connectivity index (χ1) is 12.0. The lowest BCUT2D eigenvalue weighted by molar-refractivity contribution is 0.510. The largest absolute Gasteiger partial charge is 0.360 e. The number of fused-ring (bicyclic) bond motifs is 1. The molecule has 7 heteroatoms. The molecule has 0 atom stereocenters. The van der Waals surface area contributed by atoms with E-state index < -0.39 is 17.2 Å². The molecule has 0 unspecified atom stereocenters. The molecule has 126 valence electrons. The summed E-state index contributed by atoms with van der Waals surface area (Å²) in [5, 5.41) is 6.62. The smallest absolute Gasteiger partial charge is 0.258 e. The van der Waals surface area contributed by atoms with Crippen LogP contribution in [-0.4, -0.2) is 4.98 Å². The van der Waals surface area contributed by atoms with E-state index in [0.717, 1.165) is 23.4 Å². The maximum Gasteiger partial charge on any atom is 0.258 e. The summed E-state index contributed by atoms with van der Waals surface area (Å²) in [5.74, 6) is -2.06. The summed E-state index contributed by atoms with van der Waals surface area (Å²) < 4.78 is 26.7. The topological polar surface area (TPSA) is 81.1 Å². The zero-order valence-electron chi connectivity index (χ0n) is 13.2. The van der Waals surface area contributed by atoms with Gasteiger partial charge in [-0.3, -0.25) is 4.79 Å². The molecular weight excluding hydrogens is 326 g/mol. The quantitative estimate of drug-likeness (QED) is 0.609. The molecule has 0 aliphatic rings. The Morgan fingerprint density at radius 2 is 1.84 bits per heavy atom. The molecule has 0 spiro atoms. The molecule has 0 saturated carbocycles. The minimum absolute atomic E-state index is 0.0634. The van der Waals surface area contributed by atoms with Gasteiger partial charge < -0.3 is 10.3 Å². The van der Waals surface area contributed by atoms with Crippen molar-refractivity contribution < 1.29 is 8.78 Å². The number of anilines is 1. The van der Waals surface area contributed by atoms with E-state index in [-0.39, 0.29) is 16.8 Å². The molecule has 2 aromatic carbocycles. The molecule has 3 aromatic rings. The Morgan fingerprint density at radius 3 is 2.52 bits per heavy atom. The van der Waals surface area contributed by atoms with Crippen LogP contribution in [0.3, 0.4) is 0 Å². The van der Waals surface area contributed by atoms with E-state index in [9.17, 15) is 13.6 Å². The number of nitrogens with one attached hydrogen (secondary N) is 3. The Labute approximate surface area is 141 Å². The van der Waals surface area contributed by atoms with E-state index in [1.807, 2.05) is 31.2 Å². The Kier molecular flexibility index (Phi) is 4.38. The summed E-state index contributed by atoms with van der Waals surface area (Å²) in [6.45, 7) is 1.96. The van der Waals surface area contributed by atoms with Gasteiger partial charge in [-0.05, 0) is 31.2 Å². The molecule has 25 heavy (non-hydrogen) atoms. The second-order valence-electron chi connectivity index (χ2n) is 5.52. The van der Waals surface area contributed by atoms with Crippen LogP contribution in [-0.2, 0) is 0 Å². The number of halogens is 2. The van der Waals surface area contributed by atoms with Crippen LogP contribution in [0.5, 0.6) is 0 Å². The van der Waals surface area contributed by atoms with E-state index in [2.05, 4.69) is 15.4 Å². The fraction of sp³-hybridized carbons (Fsp3) is 0.0556. The van der Waals surface area contributed by atoms with Gasteiger partial charge in [-0.25, -0.2) is 14.3 Å². The second kappa shape index (κ2) is 6.64. The first-order valence-electron chi connectivity index (χ1n) is 7.41. The predicted octanol–water partition coefficient (Wildman–Crippen LogP) is 4.56. The Hall–Kier alpha value is -3.35. The summed E-state index contributed by atoms with van der Waals surface area (Å²) in [6.07, 6.45) is 1.41. The third kappa shape index (κ3) is 3.45. The van der Waals surface area contributed by atoms with Gasteiger partial charge >= 0.3 is 0 Å². The number of pyridine rings is 1. The molecule has 1 aromatic heterocycles. The molecule has 1 heterocycles. The molecule has 3 N–H and O–H groups in total. The molecule has 0 fully saturated rings. The van der Waals surface area contributed by atoms with Gasteiger partial charge in [-0.2, -0.15) is 5.11 Å². The molecule has 0 saturated heterocycles. The SMILES string of the molecule is Cc1ccc(N/C=C(\N=N)c2cc3cc(F)c(F)cc3[nH]c2=O)cc1. The Morgan fingerprint density at radius 1 is 1.16 bits per heavy atom. The van der Waals surface area contributed by atoms with Gasteiger partial charge in [0, 0.05) is 23.3 Å². The fourth-order valence-electron chi connectivity index (χ4n) is 2.36. The molecule has 0 aliphatic carbocycles. The van der Waals surface area contributed by atoms with Crippen molar-refractivity contribution in [1.82, 2.24) is 4.98 Å². The molecule has 0 bridgehead atoms. The predicted molar refractivity (Wildman–Crippen MR) is 92.4 cm³/mol. The fourth-order valence-corrected chi connectivity index (χ4v) is 2.36. The summed E-state index contributed by atoms with van der Waals surface area (Å²) in [6, 6.07) is 10.8. The number of H-pyrrole nitrogens is 1. The Bertz CT molecular complexity index is 1040. The summed E-state index contributed by atoms with van der Waals surface area (Å²) in [7, 11) is 0. The highest BCUT2D eigenvalue weighted by Gasteiger charge is 2.11. The van der Waals surface area contributed by atoms with Gasteiger partial charge in [0.2, 0.25) is 0 Å². The van der Waals surface area contributed by atoms with Crippen molar-refractivity contribution in [3.63, 3.8) is 0 Å². The lowest BCUT2D eigenvalue weighted by atomic mass is 10.1. The maximum atomic E-state index is 13.4. The van der Waals surface area contributed by atoms with Gasteiger partial charge in [0.1, 0.15) is 5.70 Å². The van der Waals surface area contributed by atoms with Crippen LogP contribution in [0.2, 0.25) is 0 Å². The van der Waals surface area contributed by atoms with Crippen LogP contribution in [0, 0.1) is 24.1 Å². The highest BCUT2D eigenvalue weighted by atomic mass is 19.2. The van der Waals surface area contributed by atoms with Gasteiger partial charge in [-0.1, -0.05) is 17.7 Å². The highest BCUT2D eigenvalue weighted by Crippen LogP contribution is 2.20. The van der Waals surface area contributed by atoms with Crippen molar-refractivity contribution in [2.45, 2.75) is 6.92 Å². The summed E-state index contributed by atoms with van der Waals surface area (Å²) in [4.78, 5) is 14.7. The lowest BCUT2D eigenvalue weighted by Gasteiger charge is -2.06.